The third-order valence-electron chi connectivity index (χ3n) is 3.63. The van der Waals surface area contributed by atoms with E-state index in [-0.39, 0.29) is 5.69 Å². The summed E-state index contributed by atoms with van der Waals surface area (Å²) >= 11 is 0. The van der Waals surface area contributed by atoms with Gasteiger partial charge in [-0.05, 0) is 30.9 Å². The van der Waals surface area contributed by atoms with Crippen molar-refractivity contribution in [2.24, 2.45) is 5.41 Å². The maximum Gasteiger partial charge on any atom is 0.273 e. The number of non-ortho nitro benzene ring substituents is 1. The second-order valence-corrected chi connectivity index (χ2v) is 4.98. The van der Waals surface area contributed by atoms with Gasteiger partial charge in [-0.25, -0.2) is 0 Å². The number of methoxy groups -OCH3 is 1. The summed E-state index contributed by atoms with van der Waals surface area (Å²) in [6, 6.07) is 7.01. The average molecular weight is 276 g/mol. The molecule has 0 radical (unpaired) electrons. The normalized spacial score (nSPS) is 17.2. The van der Waals surface area contributed by atoms with Crippen molar-refractivity contribution in [3.63, 3.8) is 0 Å². The summed E-state index contributed by atoms with van der Waals surface area (Å²) in [6.45, 7) is 1.11. The second kappa shape index (κ2) is 5.88. The first kappa shape index (κ1) is 14.3. The van der Waals surface area contributed by atoms with E-state index in [1.54, 1.807) is 6.07 Å². The van der Waals surface area contributed by atoms with Crippen LogP contribution >= 0.6 is 0 Å². The Labute approximate surface area is 117 Å². The fourth-order valence-electron chi connectivity index (χ4n) is 2.45. The number of nitrogens with zero attached hydrogens (tertiary/aromatic N) is 2. The SMILES string of the molecule is COc1cc(CC2(C#N)CCOCC2)cc([N+](=O)[O-])c1. The van der Waals surface area contributed by atoms with Crippen LogP contribution in [-0.4, -0.2) is 25.2 Å². The molecule has 1 aromatic rings. The van der Waals surface area contributed by atoms with Gasteiger partial charge in [-0.3, -0.25) is 10.1 Å². The Morgan fingerprint density at radius 1 is 1.45 bits per heavy atom. The van der Waals surface area contributed by atoms with Crippen LogP contribution < -0.4 is 4.74 Å². The molecule has 0 N–H and O–H groups in total. The molecule has 6 nitrogen and oxygen atoms in total. The van der Waals surface area contributed by atoms with Gasteiger partial charge in [-0.1, -0.05) is 0 Å². The number of ether oxygens (including phenoxy) is 2. The molecule has 1 aliphatic rings. The van der Waals surface area contributed by atoms with Crippen LogP contribution in [0.25, 0.3) is 0 Å². The maximum absolute atomic E-state index is 10.9. The van der Waals surface area contributed by atoms with Gasteiger partial charge in [0.15, 0.2) is 0 Å². The van der Waals surface area contributed by atoms with Crippen LogP contribution in [0, 0.1) is 26.9 Å². The van der Waals surface area contributed by atoms with Crippen LogP contribution in [-0.2, 0) is 11.2 Å². The van der Waals surface area contributed by atoms with Crippen molar-refractivity contribution in [2.75, 3.05) is 20.3 Å². The van der Waals surface area contributed by atoms with Gasteiger partial charge in [0.25, 0.3) is 5.69 Å². The van der Waals surface area contributed by atoms with Crippen molar-refractivity contribution in [1.82, 2.24) is 0 Å². The minimum atomic E-state index is -0.502. The molecular formula is C14H16N2O4. The van der Waals surface area contributed by atoms with E-state index in [2.05, 4.69) is 6.07 Å². The summed E-state index contributed by atoms with van der Waals surface area (Å²) in [6.07, 6.45) is 1.77. The lowest BCUT2D eigenvalue weighted by atomic mass is 9.76. The zero-order valence-corrected chi connectivity index (χ0v) is 11.3. The third kappa shape index (κ3) is 3.06. The minimum Gasteiger partial charge on any atom is -0.496 e. The predicted octanol–water partition coefficient (Wildman–Crippen LogP) is 2.47. The Bertz CT molecular complexity index is 545. The zero-order valence-electron chi connectivity index (χ0n) is 11.3. The largest absolute Gasteiger partial charge is 0.496 e. The molecule has 0 unspecified atom stereocenters. The maximum atomic E-state index is 10.9. The zero-order chi connectivity index (χ0) is 14.6. The van der Waals surface area contributed by atoms with E-state index in [4.69, 9.17) is 9.47 Å². The van der Waals surface area contributed by atoms with E-state index >= 15 is 0 Å². The third-order valence-corrected chi connectivity index (χ3v) is 3.63. The Morgan fingerprint density at radius 2 is 2.15 bits per heavy atom. The molecule has 1 fully saturated rings. The fourth-order valence-corrected chi connectivity index (χ4v) is 2.45. The number of rotatable bonds is 4. The molecule has 0 aliphatic carbocycles. The predicted molar refractivity (Wildman–Crippen MR) is 71.5 cm³/mol. The summed E-state index contributed by atoms with van der Waals surface area (Å²) in [5.41, 5.74) is 0.234. The average Bonchev–Trinajstić information content (AvgIpc) is 2.47. The highest BCUT2D eigenvalue weighted by Crippen LogP contribution is 2.35. The highest BCUT2D eigenvalue weighted by atomic mass is 16.6. The smallest absolute Gasteiger partial charge is 0.273 e. The standard InChI is InChI=1S/C14H16N2O4/c1-19-13-7-11(6-12(8-13)16(17)18)9-14(10-15)2-4-20-5-3-14/h6-8H,2-5,9H2,1H3. The van der Waals surface area contributed by atoms with Crippen LogP contribution in [0.3, 0.4) is 0 Å². The van der Waals surface area contributed by atoms with Crippen molar-refractivity contribution < 1.29 is 14.4 Å². The molecule has 0 atom stereocenters. The Kier molecular flexibility index (Phi) is 4.20. The van der Waals surface area contributed by atoms with Gasteiger partial charge >= 0.3 is 0 Å². The first-order valence-corrected chi connectivity index (χ1v) is 6.40. The van der Waals surface area contributed by atoms with E-state index in [1.807, 2.05) is 0 Å². The fraction of sp³-hybridized carbons (Fsp3) is 0.500. The molecule has 1 aliphatic heterocycles. The lowest BCUT2D eigenvalue weighted by molar-refractivity contribution is -0.385. The summed E-state index contributed by atoms with van der Waals surface area (Å²) in [5.74, 6) is 0.439. The summed E-state index contributed by atoms with van der Waals surface area (Å²) in [5, 5.41) is 20.4. The molecule has 6 heteroatoms. The van der Waals surface area contributed by atoms with Crippen molar-refractivity contribution in [1.29, 1.82) is 5.26 Å². The molecule has 106 valence electrons. The highest BCUT2D eigenvalue weighted by Gasteiger charge is 2.33. The molecule has 1 heterocycles. The van der Waals surface area contributed by atoms with Crippen LogP contribution in [0.1, 0.15) is 18.4 Å². The van der Waals surface area contributed by atoms with Gasteiger partial charge in [-0.2, -0.15) is 5.26 Å². The molecule has 0 aromatic heterocycles. The van der Waals surface area contributed by atoms with Crippen molar-refractivity contribution in [3.05, 3.63) is 33.9 Å². The first-order chi connectivity index (χ1) is 9.58. The Balaban J connectivity index is 2.30. The van der Waals surface area contributed by atoms with E-state index in [9.17, 15) is 15.4 Å². The Morgan fingerprint density at radius 3 is 2.70 bits per heavy atom. The highest BCUT2D eigenvalue weighted by molar-refractivity contribution is 5.43. The van der Waals surface area contributed by atoms with Crippen molar-refractivity contribution >= 4 is 5.69 Å². The summed E-state index contributed by atoms with van der Waals surface area (Å²) in [4.78, 5) is 10.5. The number of benzene rings is 1. The molecule has 0 amide bonds. The molecule has 0 bridgehead atoms. The molecule has 1 saturated heterocycles. The second-order valence-electron chi connectivity index (χ2n) is 4.98. The number of nitro benzene ring substituents is 1. The van der Waals surface area contributed by atoms with Crippen molar-refractivity contribution in [3.8, 4) is 11.8 Å². The van der Waals surface area contributed by atoms with Gasteiger partial charge in [0.2, 0.25) is 0 Å². The Hall–Kier alpha value is -2.13. The number of hydrogen-bond acceptors (Lipinski definition) is 5. The monoisotopic (exact) mass is 276 g/mol. The molecule has 2 rings (SSSR count). The summed E-state index contributed by atoms with van der Waals surface area (Å²) in [7, 11) is 1.47. The quantitative estimate of drug-likeness (QED) is 0.623. The molecular weight excluding hydrogens is 260 g/mol. The molecule has 0 saturated carbocycles. The van der Waals surface area contributed by atoms with Gasteiger partial charge in [0.05, 0.1) is 29.6 Å². The van der Waals surface area contributed by atoms with Crippen LogP contribution in [0.4, 0.5) is 5.69 Å². The van der Waals surface area contributed by atoms with Gasteiger partial charge in [0, 0.05) is 19.3 Å². The van der Waals surface area contributed by atoms with Crippen LogP contribution in [0.2, 0.25) is 0 Å². The van der Waals surface area contributed by atoms with Crippen LogP contribution in [0.5, 0.6) is 5.75 Å². The topological polar surface area (TPSA) is 85.4 Å². The number of hydrogen-bond donors (Lipinski definition) is 0. The number of nitro groups is 1. The van der Waals surface area contributed by atoms with Gasteiger partial charge in [-0.15, -0.1) is 0 Å². The van der Waals surface area contributed by atoms with E-state index in [1.165, 1.54) is 19.2 Å². The van der Waals surface area contributed by atoms with Gasteiger partial charge < -0.3 is 9.47 Å². The van der Waals surface area contributed by atoms with E-state index in [0.717, 1.165) is 5.56 Å². The molecule has 20 heavy (non-hydrogen) atoms. The van der Waals surface area contributed by atoms with E-state index in [0.29, 0.717) is 38.2 Å². The minimum absolute atomic E-state index is 0.0144. The summed E-state index contributed by atoms with van der Waals surface area (Å²) < 4.78 is 10.4. The number of nitriles is 1. The van der Waals surface area contributed by atoms with Crippen LogP contribution in [0.15, 0.2) is 18.2 Å². The first-order valence-electron chi connectivity index (χ1n) is 6.40. The van der Waals surface area contributed by atoms with E-state index < -0.39 is 10.3 Å². The molecule has 0 spiro atoms. The lowest BCUT2D eigenvalue weighted by Crippen LogP contribution is -2.30. The molecule has 1 aromatic carbocycles. The van der Waals surface area contributed by atoms with Gasteiger partial charge in [0.1, 0.15) is 5.75 Å². The lowest BCUT2D eigenvalue weighted by Gasteiger charge is -2.30. The van der Waals surface area contributed by atoms with Crippen molar-refractivity contribution in [2.45, 2.75) is 19.3 Å².